The first-order valence-electron chi connectivity index (χ1n) is 7.98. The van der Waals surface area contributed by atoms with Crippen molar-refractivity contribution in [1.29, 1.82) is 0 Å². The zero-order chi connectivity index (χ0) is 16.2. The molecular formula is C17H28ClN3O2. The van der Waals surface area contributed by atoms with Gasteiger partial charge in [0.05, 0.1) is 6.42 Å². The van der Waals surface area contributed by atoms with Crippen molar-refractivity contribution >= 4 is 24.2 Å². The van der Waals surface area contributed by atoms with Gasteiger partial charge < -0.3 is 16.4 Å². The van der Waals surface area contributed by atoms with Crippen LogP contribution in [0.1, 0.15) is 38.2 Å². The lowest BCUT2D eigenvalue weighted by atomic mass is 10.1. The Hall–Kier alpha value is -1.59. The lowest BCUT2D eigenvalue weighted by Crippen LogP contribution is -2.47. The van der Waals surface area contributed by atoms with E-state index in [2.05, 4.69) is 10.6 Å². The molecule has 0 spiro atoms. The van der Waals surface area contributed by atoms with Gasteiger partial charge in [-0.15, -0.1) is 12.4 Å². The molecule has 130 valence electrons. The number of halogens is 1. The van der Waals surface area contributed by atoms with Crippen LogP contribution in [-0.2, 0) is 16.0 Å². The summed E-state index contributed by atoms with van der Waals surface area (Å²) in [4.78, 5) is 24.2. The third-order valence-electron chi connectivity index (χ3n) is 3.37. The Morgan fingerprint density at radius 1 is 1.17 bits per heavy atom. The van der Waals surface area contributed by atoms with Crippen LogP contribution in [-0.4, -0.2) is 30.9 Å². The topological polar surface area (TPSA) is 84.2 Å². The van der Waals surface area contributed by atoms with Crippen molar-refractivity contribution in [3.05, 3.63) is 35.9 Å². The SMILES string of the molecule is CCCC(NC(=O)Cc1ccccc1)C(=O)NCCCCN.Cl. The Kier molecular flexibility index (Phi) is 12.0. The van der Waals surface area contributed by atoms with E-state index in [4.69, 9.17) is 5.73 Å². The molecule has 1 rings (SSSR count). The Labute approximate surface area is 144 Å². The summed E-state index contributed by atoms with van der Waals surface area (Å²) in [6.07, 6.45) is 3.52. The van der Waals surface area contributed by atoms with Gasteiger partial charge in [-0.1, -0.05) is 43.7 Å². The second-order valence-electron chi connectivity index (χ2n) is 5.36. The molecule has 1 aromatic carbocycles. The van der Waals surface area contributed by atoms with Crippen LogP contribution in [0.4, 0.5) is 0 Å². The number of carbonyl (C=O) groups excluding carboxylic acids is 2. The lowest BCUT2D eigenvalue weighted by molar-refractivity contribution is -0.128. The van der Waals surface area contributed by atoms with Crippen LogP contribution in [0.2, 0.25) is 0 Å². The Morgan fingerprint density at radius 2 is 1.87 bits per heavy atom. The predicted octanol–water partition coefficient (Wildman–Crippen LogP) is 1.79. The number of benzene rings is 1. The molecule has 0 aliphatic heterocycles. The highest BCUT2D eigenvalue weighted by atomic mass is 35.5. The second-order valence-corrected chi connectivity index (χ2v) is 5.36. The molecule has 5 nitrogen and oxygen atoms in total. The fourth-order valence-electron chi connectivity index (χ4n) is 2.19. The molecule has 0 saturated heterocycles. The number of unbranched alkanes of at least 4 members (excludes halogenated alkanes) is 1. The van der Waals surface area contributed by atoms with Gasteiger partial charge in [0.25, 0.3) is 0 Å². The lowest BCUT2D eigenvalue weighted by Gasteiger charge is -2.18. The molecule has 1 unspecified atom stereocenters. The molecular weight excluding hydrogens is 314 g/mol. The highest BCUT2D eigenvalue weighted by molar-refractivity contribution is 5.88. The van der Waals surface area contributed by atoms with E-state index in [0.29, 0.717) is 25.9 Å². The van der Waals surface area contributed by atoms with E-state index in [1.165, 1.54) is 0 Å². The van der Waals surface area contributed by atoms with Crippen molar-refractivity contribution in [2.24, 2.45) is 5.73 Å². The third kappa shape index (κ3) is 9.21. The summed E-state index contributed by atoms with van der Waals surface area (Å²) in [6.45, 7) is 3.23. The predicted molar refractivity (Wildman–Crippen MR) is 95.5 cm³/mol. The average molecular weight is 342 g/mol. The van der Waals surface area contributed by atoms with E-state index in [0.717, 1.165) is 24.8 Å². The molecule has 0 fully saturated rings. The van der Waals surface area contributed by atoms with Crippen LogP contribution in [0.15, 0.2) is 30.3 Å². The minimum absolute atomic E-state index is 0. The maximum absolute atomic E-state index is 12.1. The molecule has 2 amide bonds. The Bertz CT molecular complexity index is 454. The van der Waals surface area contributed by atoms with Gasteiger partial charge in [-0.2, -0.15) is 0 Å². The smallest absolute Gasteiger partial charge is 0.242 e. The van der Waals surface area contributed by atoms with Crippen molar-refractivity contribution in [2.75, 3.05) is 13.1 Å². The molecule has 0 radical (unpaired) electrons. The van der Waals surface area contributed by atoms with Crippen LogP contribution >= 0.6 is 12.4 Å². The standard InChI is InChI=1S/C17H27N3O2.ClH/c1-2-8-15(17(22)19-12-7-6-11-18)20-16(21)13-14-9-4-3-5-10-14;/h3-5,9-10,15H,2,6-8,11-13,18H2,1H3,(H,19,22)(H,20,21);1H. The van der Waals surface area contributed by atoms with E-state index in [-0.39, 0.29) is 24.2 Å². The number of hydrogen-bond donors (Lipinski definition) is 3. The second kappa shape index (κ2) is 12.9. The van der Waals surface area contributed by atoms with Crippen molar-refractivity contribution in [1.82, 2.24) is 10.6 Å². The Balaban J connectivity index is 0.00000484. The van der Waals surface area contributed by atoms with Crippen LogP contribution in [0, 0.1) is 0 Å². The molecule has 0 aromatic heterocycles. The zero-order valence-electron chi connectivity index (χ0n) is 13.7. The largest absolute Gasteiger partial charge is 0.354 e. The van der Waals surface area contributed by atoms with Crippen LogP contribution in [0.25, 0.3) is 0 Å². The molecule has 23 heavy (non-hydrogen) atoms. The first-order valence-corrected chi connectivity index (χ1v) is 7.98. The maximum atomic E-state index is 12.1. The van der Waals surface area contributed by atoms with Gasteiger partial charge in [0.2, 0.25) is 11.8 Å². The number of nitrogens with two attached hydrogens (primary N) is 1. The summed E-state index contributed by atoms with van der Waals surface area (Å²) in [5, 5.41) is 5.69. The molecule has 1 atom stereocenters. The van der Waals surface area contributed by atoms with Crippen molar-refractivity contribution in [2.45, 2.75) is 45.1 Å². The van der Waals surface area contributed by atoms with E-state index in [9.17, 15) is 9.59 Å². The molecule has 6 heteroatoms. The molecule has 1 aromatic rings. The summed E-state index contributed by atoms with van der Waals surface area (Å²) < 4.78 is 0. The number of nitrogens with one attached hydrogen (secondary N) is 2. The summed E-state index contributed by atoms with van der Waals surface area (Å²) in [7, 11) is 0. The third-order valence-corrected chi connectivity index (χ3v) is 3.37. The summed E-state index contributed by atoms with van der Waals surface area (Å²) in [5.74, 6) is -0.234. The molecule has 0 heterocycles. The van der Waals surface area contributed by atoms with Gasteiger partial charge in [-0.3, -0.25) is 9.59 Å². The average Bonchev–Trinajstić information content (AvgIpc) is 2.52. The quantitative estimate of drug-likeness (QED) is 0.567. The van der Waals surface area contributed by atoms with Gasteiger partial charge in [-0.05, 0) is 31.4 Å². The van der Waals surface area contributed by atoms with E-state index >= 15 is 0 Å². The number of amides is 2. The number of hydrogen-bond acceptors (Lipinski definition) is 3. The highest BCUT2D eigenvalue weighted by Crippen LogP contribution is 2.02. The first-order chi connectivity index (χ1) is 10.7. The fraction of sp³-hybridized carbons (Fsp3) is 0.529. The highest BCUT2D eigenvalue weighted by Gasteiger charge is 2.19. The van der Waals surface area contributed by atoms with Crippen LogP contribution in [0.5, 0.6) is 0 Å². The number of rotatable bonds is 10. The normalized spacial score (nSPS) is 11.2. The summed E-state index contributed by atoms with van der Waals surface area (Å²) >= 11 is 0. The van der Waals surface area contributed by atoms with E-state index < -0.39 is 6.04 Å². The van der Waals surface area contributed by atoms with Crippen molar-refractivity contribution in [3.63, 3.8) is 0 Å². The molecule has 0 saturated carbocycles. The van der Waals surface area contributed by atoms with Gasteiger partial charge in [0.1, 0.15) is 6.04 Å². The van der Waals surface area contributed by atoms with Gasteiger partial charge in [0.15, 0.2) is 0 Å². The molecule has 0 bridgehead atoms. The van der Waals surface area contributed by atoms with Gasteiger partial charge >= 0.3 is 0 Å². The molecule has 0 aliphatic carbocycles. The van der Waals surface area contributed by atoms with Gasteiger partial charge in [0, 0.05) is 6.54 Å². The first kappa shape index (κ1) is 21.4. The minimum Gasteiger partial charge on any atom is -0.354 e. The minimum atomic E-state index is -0.459. The zero-order valence-corrected chi connectivity index (χ0v) is 14.5. The number of carbonyl (C=O) groups is 2. The van der Waals surface area contributed by atoms with Crippen LogP contribution < -0.4 is 16.4 Å². The molecule has 4 N–H and O–H groups in total. The maximum Gasteiger partial charge on any atom is 0.242 e. The molecule has 0 aliphatic rings. The monoisotopic (exact) mass is 341 g/mol. The van der Waals surface area contributed by atoms with Crippen LogP contribution in [0.3, 0.4) is 0 Å². The fourth-order valence-corrected chi connectivity index (χ4v) is 2.19. The van der Waals surface area contributed by atoms with Gasteiger partial charge in [-0.25, -0.2) is 0 Å². The van der Waals surface area contributed by atoms with Crippen molar-refractivity contribution in [3.8, 4) is 0 Å². The summed E-state index contributed by atoms with van der Waals surface area (Å²) in [5.41, 5.74) is 6.37. The Morgan fingerprint density at radius 3 is 2.48 bits per heavy atom. The van der Waals surface area contributed by atoms with E-state index in [1.807, 2.05) is 37.3 Å². The van der Waals surface area contributed by atoms with E-state index in [1.54, 1.807) is 0 Å². The summed E-state index contributed by atoms with van der Waals surface area (Å²) in [6, 6.07) is 9.06. The van der Waals surface area contributed by atoms with Crippen molar-refractivity contribution < 1.29 is 9.59 Å².